The summed E-state index contributed by atoms with van der Waals surface area (Å²) in [6.07, 6.45) is -5.54. The van der Waals surface area contributed by atoms with E-state index in [9.17, 15) is 48.3 Å². The molecule has 0 amide bonds. The van der Waals surface area contributed by atoms with Gasteiger partial charge in [0.05, 0.1) is 12.9 Å². The van der Waals surface area contributed by atoms with Crippen molar-refractivity contribution in [1.29, 1.82) is 0 Å². The van der Waals surface area contributed by atoms with E-state index in [1.54, 1.807) is 0 Å². The van der Waals surface area contributed by atoms with Gasteiger partial charge in [-0.2, -0.15) is 4.98 Å². The number of nitrogens with two attached hydrogens (primary N) is 1. The Labute approximate surface area is 249 Å². The fraction of sp³-hybridized carbons (Fsp3) is 0.500. The molecule has 36 heavy (non-hydrogen) atoms. The number of nitrogens with zero attached hydrogens (tertiary/aromatic N) is 3. The number of phosphoric acid groups is 1. The molecule has 0 aliphatic carbocycles. The molecule has 0 saturated carbocycles. The first-order valence-electron chi connectivity index (χ1n) is 8.12. The monoisotopic (exact) mass is 546 g/mol. The van der Waals surface area contributed by atoms with Gasteiger partial charge < -0.3 is 49.3 Å². The van der Waals surface area contributed by atoms with Crippen molar-refractivity contribution in [3.63, 3.8) is 0 Å². The molecule has 19 nitrogen and oxygen atoms in total. The van der Waals surface area contributed by atoms with Gasteiger partial charge in [0.1, 0.15) is 18.3 Å². The van der Waals surface area contributed by atoms with Gasteiger partial charge in [-0.25, -0.2) is 9.84 Å². The predicted molar refractivity (Wildman–Crippen MR) is 91.5 cm³/mol. The number of nitrogen functional groups attached to an aromatic ring is 1. The molecule has 0 spiro atoms. The zero-order valence-electron chi connectivity index (χ0n) is 19.2. The van der Waals surface area contributed by atoms with Crippen molar-refractivity contribution >= 4 is 40.4 Å². The maximum absolute atomic E-state index is 11.8. The van der Waals surface area contributed by atoms with Crippen molar-refractivity contribution in [2.45, 2.75) is 24.5 Å². The summed E-state index contributed by atoms with van der Waals surface area (Å²) >= 11 is 0. The topological polar surface area (TPSA) is 313 Å². The van der Waals surface area contributed by atoms with E-state index in [-0.39, 0.29) is 92.6 Å². The quantitative estimate of drug-likeness (QED) is 0.152. The third kappa shape index (κ3) is 9.78. The van der Waals surface area contributed by atoms with E-state index in [1.807, 2.05) is 0 Å². The van der Waals surface area contributed by atoms with Crippen LogP contribution in [-0.2, 0) is 27.3 Å². The summed E-state index contributed by atoms with van der Waals surface area (Å²) in [5.41, 5.74) is 4.42. The van der Waals surface area contributed by atoms with Crippen LogP contribution in [0.2, 0.25) is 0 Å². The number of rotatable bonds is 8. The minimum atomic E-state index is -5.92. The molecule has 6 atom stereocenters. The Hall–Kier alpha value is 0.830. The van der Waals surface area contributed by atoms with Crippen molar-refractivity contribution in [2.75, 3.05) is 12.3 Å². The third-order valence-corrected chi connectivity index (χ3v) is 8.00. The van der Waals surface area contributed by atoms with Crippen LogP contribution in [0.3, 0.4) is 0 Å². The van der Waals surface area contributed by atoms with Crippen LogP contribution in [-0.4, -0.2) is 54.7 Å². The molecule has 2 aromatic rings. The number of fused-ring (bicyclic) bond motifs is 1. The SMILES string of the molecule is Nc1nc2c(ncn2[C@@H]2O[C@H](COP(=O)([O-])OP(=O)([O-])NP(=O)([O-])[O-])[C@@H](O)[C@H]2O)c(=O)[nH]1.[Li+].[Li+].[Li+].[Li+]. The third-order valence-electron chi connectivity index (χ3n) is 3.91. The molecule has 6 N–H and O–H groups in total. The second-order valence-corrected chi connectivity index (χ2v) is 10.8. The van der Waals surface area contributed by atoms with Crippen LogP contribution in [0.1, 0.15) is 6.23 Å². The molecule has 3 rings (SSSR count). The first kappa shape index (κ1) is 39.0. The molecule has 1 aliphatic rings. The second kappa shape index (κ2) is 14.5. The Morgan fingerprint density at radius 2 is 1.72 bits per heavy atom. The number of nitrogens with one attached hydrogen (secondary N) is 2. The van der Waals surface area contributed by atoms with Crippen LogP contribution in [0.25, 0.3) is 11.2 Å². The van der Waals surface area contributed by atoms with Crippen LogP contribution < -0.4 is 111 Å². The van der Waals surface area contributed by atoms with Gasteiger partial charge >= 0.3 is 75.4 Å². The molecular formula is C10H13Li4N6O13P3. The maximum Gasteiger partial charge on any atom is 1.00 e. The first-order valence-corrected chi connectivity index (χ1v) is 12.7. The number of imidazole rings is 1. The zero-order valence-corrected chi connectivity index (χ0v) is 21.9. The van der Waals surface area contributed by atoms with Gasteiger partial charge in [-0.15, -0.1) is 0 Å². The number of aliphatic hydroxyl groups excluding tert-OH is 2. The van der Waals surface area contributed by atoms with Gasteiger partial charge in [0, 0.05) is 7.75 Å². The van der Waals surface area contributed by atoms with Crippen molar-refractivity contribution in [2.24, 2.45) is 0 Å². The van der Waals surface area contributed by atoms with Crippen LogP contribution >= 0.6 is 23.3 Å². The maximum atomic E-state index is 11.8. The number of hydrogen-bond donors (Lipinski definition) is 5. The predicted octanol–water partition coefficient (Wildman–Crippen LogP) is -17.3. The van der Waals surface area contributed by atoms with Crippen molar-refractivity contribution in [3.8, 4) is 0 Å². The Kier molecular flexibility index (Phi) is 15.7. The minimum Gasteiger partial charge on any atom is -0.799 e. The summed E-state index contributed by atoms with van der Waals surface area (Å²) in [6, 6.07) is 0. The van der Waals surface area contributed by atoms with E-state index < -0.39 is 60.0 Å². The summed E-state index contributed by atoms with van der Waals surface area (Å²) in [7, 11) is -17.6. The number of aromatic nitrogens is 4. The Morgan fingerprint density at radius 3 is 2.28 bits per heavy atom. The average Bonchev–Trinajstić information content (AvgIpc) is 3.12. The molecule has 1 fully saturated rings. The first-order chi connectivity index (χ1) is 14.6. The summed E-state index contributed by atoms with van der Waals surface area (Å²) < 4.78 is 47.4. The zero-order chi connectivity index (χ0) is 24.1. The van der Waals surface area contributed by atoms with Gasteiger partial charge in [-0.05, 0) is 0 Å². The second-order valence-electron chi connectivity index (χ2n) is 6.24. The van der Waals surface area contributed by atoms with Gasteiger partial charge in [-0.1, -0.05) is 0 Å². The van der Waals surface area contributed by atoms with Gasteiger partial charge in [0.2, 0.25) is 13.7 Å². The summed E-state index contributed by atoms with van der Waals surface area (Å²) in [5, 5.41) is 20.3. The Balaban J connectivity index is 0. The number of ether oxygens (including phenoxy) is 1. The molecule has 2 unspecified atom stereocenters. The summed E-state index contributed by atoms with van der Waals surface area (Å²) in [6.45, 7) is -1.11. The fourth-order valence-corrected chi connectivity index (χ4v) is 5.96. The van der Waals surface area contributed by atoms with Crippen molar-refractivity contribution in [3.05, 3.63) is 16.7 Å². The molecule has 2 aromatic heterocycles. The molecule has 0 aromatic carbocycles. The normalized spacial score (nSPS) is 24.8. The van der Waals surface area contributed by atoms with Crippen LogP contribution in [0.15, 0.2) is 11.1 Å². The number of H-pyrrole nitrogens is 1. The van der Waals surface area contributed by atoms with E-state index in [0.29, 0.717) is 4.86 Å². The van der Waals surface area contributed by atoms with E-state index in [4.69, 9.17) is 10.5 Å². The smallest absolute Gasteiger partial charge is 0.799 e. The largest absolute Gasteiger partial charge is 1.00 e. The number of phosphoric ester groups is 1. The average molecular weight is 546 g/mol. The van der Waals surface area contributed by atoms with E-state index in [2.05, 4.69) is 23.8 Å². The molecule has 1 aliphatic heterocycles. The minimum absolute atomic E-state index is 0. The summed E-state index contributed by atoms with van der Waals surface area (Å²) in [4.78, 5) is 65.8. The van der Waals surface area contributed by atoms with Gasteiger partial charge in [0.25, 0.3) is 13.4 Å². The van der Waals surface area contributed by atoms with Crippen LogP contribution in [0, 0.1) is 0 Å². The molecule has 0 radical (unpaired) electrons. The molecule has 26 heteroatoms. The van der Waals surface area contributed by atoms with E-state index in [1.165, 1.54) is 0 Å². The van der Waals surface area contributed by atoms with E-state index >= 15 is 0 Å². The molecular weight excluding hydrogens is 533 g/mol. The Bertz CT molecular complexity index is 1230. The molecule has 180 valence electrons. The number of aromatic amines is 1. The molecule has 0 bridgehead atoms. The summed E-state index contributed by atoms with van der Waals surface area (Å²) in [5.74, 6) is -0.294. The van der Waals surface area contributed by atoms with Gasteiger partial charge in [0.15, 0.2) is 17.4 Å². The standard InChI is InChI=1S/C10H17N6O13P3.4Li/c11-10-13-7-4(8(19)14-10)12-2-16(7)9-6(18)5(17)3(28-9)1-27-32(25,26)29-31(23,24)15-30(20,21)22;;;;/h2-3,5-6,9,17-18H,1H2,(H,25,26)(H3,11,13,14,19)(H4,15,20,21,22,23,24);;;;/q;4*+1/p-4/t3-,5-,6-,9-;;;;/m1..../s1. The van der Waals surface area contributed by atoms with Crippen molar-refractivity contribution in [1.82, 2.24) is 24.4 Å². The number of aliphatic hydroxyl groups is 2. The van der Waals surface area contributed by atoms with Crippen LogP contribution in [0.4, 0.5) is 5.95 Å². The van der Waals surface area contributed by atoms with E-state index in [0.717, 1.165) is 10.9 Å². The number of anilines is 1. The van der Waals surface area contributed by atoms with Gasteiger partial charge in [-0.3, -0.25) is 27.8 Å². The fourth-order valence-electron chi connectivity index (χ4n) is 2.71. The molecule has 1 saturated heterocycles. The molecule has 3 heterocycles. The van der Waals surface area contributed by atoms with Crippen LogP contribution in [0.5, 0.6) is 0 Å². The van der Waals surface area contributed by atoms with Crippen molar-refractivity contribution < 1.29 is 132 Å². The Morgan fingerprint density at radius 1 is 1.14 bits per heavy atom. The number of hydrogen-bond acceptors (Lipinski definition) is 16.